The molecule has 3 rings (SSSR count). The van der Waals surface area contributed by atoms with Crippen LogP contribution in [-0.4, -0.2) is 37.2 Å². The van der Waals surface area contributed by atoms with Crippen molar-refractivity contribution in [2.24, 2.45) is 5.92 Å². The Morgan fingerprint density at radius 3 is 2.37 bits per heavy atom. The molecule has 30 heavy (non-hydrogen) atoms. The van der Waals surface area contributed by atoms with E-state index in [0.29, 0.717) is 5.69 Å². The molecular weight excluding hydrogens is 403 g/mol. The standard InChI is InChI=1S/C20H18F3N3O4/c21-20(22,23)30-16-8-6-14(7-9-16)25-17(27)11-24-19(29)13-10-18(28)26(12-13)15-4-2-1-3-5-15/h1-9,13H,10-12H2,(H,24,29)(H,25,27)/t13-/m1/s1. The highest BCUT2D eigenvalue weighted by molar-refractivity contribution is 6.01. The van der Waals surface area contributed by atoms with Gasteiger partial charge in [-0.1, -0.05) is 18.2 Å². The zero-order valence-corrected chi connectivity index (χ0v) is 15.6. The Morgan fingerprint density at radius 1 is 1.07 bits per heavy atom. The summed E-state index contributed by atoms with van der Waals surface area (Å²) in [5, 5.41) is 4.93. The normalized spacial score (nSPS) is 16.3. The van der Waals surface area contributed by atoms with Gasteiger partial charge in [0.2, 0.25) is 17.7 Å². The van der Waals surface area contributed by atoms with Crippen molar-refractivity contribution < 1.29 is 32.3 Å². The van der Waals surface area contributed by atoms with Crippen LogP contribution in [0.1, 0.15) is 6.42 Å². The summed E-state index contributed by atoms with van der Waals surface area (Å²) in [5.41, 5.74) is 0.948. The minimum Gasteiger partial charge on any atom is -0.406 e. The molecule has 2 aromatic rings. The average molecular weight is 421 g/mol. The lowest BCUT2D eigenvalue weighted by Gasteiger charge is -2.16. The van der Waals surface area contributed by atoms with Gasteiger partial charge in [0.05, 0.1) is 12.5 Å². The topological polar surface area (TPSA) is 87.7 Å². The number of amides is 3. The highest BCUT2D eigenvalue weighted by Crippen LogP contribution is 2.25. The molecule has 2 aromatic carbocycles. The van der Waals surface area contributed by atoms with E-state index in [9.17, 15) is 27.6 Å². The molecule has 0 bridgehead atoms. The van der Waals surface area contributed by atoms with Crippen LogP contribution in [-0.2, 0) is 14.4 Å². The van der Waals surface area contributed by atoms with Crippen molar-refractivity contribution >= 4 is 29.1 Å². The lowest BCUT2D eigenvalue weighted by atomic mass is 10.1. The maximum Gasteiger partial charge on any atom is 0.573 e. The predicted octanol–water partition coefficient (Wildman–Crippen LogP) is 2.69. The van der Waals surface area contributed by atoms with Crippen molar-refractivity contribution in [3.05, 3.63) is 54.6 Å². The van der Waals surface area contributed by atoms with E-state index in [1.807, 2.05) is 6.07 Å². The van der Waals surface area contributed by atoms with Gasteiger partial charge in [-0.2, -0.15) is 0 Å². The largest absolute Gasteiger partial charge is 0.573 e. The third kappa shape index (κ3) is 5.72. The first-order valence-corrected chi connectivity index (χ1v) is 9.00. The van der Waals surface area contributed by atoms with Crippen LogP contribution >= 0.6 is 0 Å². The molecule has 1 atom stereocenters. The van der Waals surface area contributed by atoms with Gasteiger partial charge >= 0.3 is 6.36 Å². The van der Waals surface area contributed by atoms with Crippen molar-refractivity contribution in [1.29, 1.82) is 0 Å². The van der Waals surface area contributed by atoms with Crippen molar-refractivity contribution in [1.82, 2.24) is 5.32 Å². The number of alkyl halides is 3. The Labute approximate surface area is 169 Å². The van der Waals surface area contributed by atoms with Gasteiger partial charge in [-0.25, -0.2) is 0 Å². The zero-order chi connectivity index (χ0) is 21.7. The fourth-order valence-electron chi connectivity index (χ4n) is 3.00. The maximum atomic E-state index is 12.3. The molecule has 1 aliphatic rings. The minimum absolute atomic E-state index is 0.0447. The Kier molecular flexibility index (Phi) is 6.24. The summed E-state index contributed by atoms with van der Waals surface area (Å²) in [5.74, 6) is -2.15. The van der Waals surface area contributed by atoms with Gasteiger partial charge in [0, 0.05) is 24.3 Å². The highest BCUT2D eigenvalue weighted by Gasteiger charge is 2.35. The lowest BCUT2D eigenvalue weighted by molar-refractivity contribution is -0.274. The van der Waals surface area contributed by atoms with Gasteiger partial charge in [-0.05, 0) is 36.4 Å². The molecule has 10 heteroatoms. The molecule has 1 heterocycles. The quantitative estimate of drug-likeness (QED) is 0.751. The maximum absolute atomic E-state index is 12.3. The van der Waals surface area contributed by atoms with Crippen LogP contribution in [0.15, 0.2) is 54.6 Å². The first-order valence-electron chi connectivity index (χ1n) is 9.00. The van der Waals surface area contributed by atoms with Crippen molar-refractivity contribution in [2.45, 2.75) is 12.8 Å². The second-order valence-corrected chi connectivity index (χ2v) is 6.58. The first kappa shape index (κ1) is 21.2. The molecule has 3 amide bonds. The fraction of sp³-hybridized carbons (Fsp3) is 0.250. The number of para-hydroxylation sites is 1. The number of nitrogens with one attached hydrogen (secondary N) is 2. The number of carbonyl (C=O) groups excluding carboxylic acids is 3. The lowest BCUT2D eigenvalue weighted by Crippen LogP contribution is -2.37. The van der Waals surface area contributed by atoms with Crippen LogP contribution in [0.4, 0.5) is 24.5 Å². The Balaban J connectivity index is 1.47. The summed E-state index contributed by atoms with van der Waals surface area (Å²) in [6.07, 6.45) is -4.75. The van der Waals surface area contributed by atoms with E-state index in [2.05, 4.69) is 15.4 Å². The van der Waals surface area contributed by atoms with Crippen LogP contribution in [0, 0.1) is 5.92 Å². The molecule has 0 radical (unpaired) electrons. The van der Waals surface area contributed by atoms with Crippen LogP contribution < -0.4 is 20.3 Å². The second kappa shape index (κ2) is 8.85. The molecule has 0 aliphatic carbocycles. The van der Waals surface area contributed by atoms with E-state index in [1.54, 1.807) is 24.3 Å². The summed E-state index contributed by atoms with van der Waals surface area (Å²) in [7, 11) is 0. The number of halogens is 3. The summed E-state index contributed by atoms with van der Waals surface area (Å²) >= 11 is 0. The summed E-state index contributed by atoms with van der Waals surface area (Å²) in [4.78, 5) is 38.0. The molecule has 7 nitrogen and oxygen atoms in total. The average Bonchev–Trinajstić information content (AvgIpc) is 3.09. The molecule has 0 aromatic heterocycles. The van der Waals surface area contributed by atoms with E-state index in [4.69, 9.17) is 0 Å². The van der Waals surface area contributed by atoms with Gasteiger partial charge in [0.1, 0.15) is 5.75 Å². The van der Waals surface area contributed by atoms with Crippen molar-refractivity contribution in [3.8, 4) is 5.75 Å². The number of carbonyl (C=O) groups is 3. The fourth-order valence-corrected chi connectivity index (χ4v) is 3.00. The second-order valence-electron chi connectivity index (χ2n) is 6.58. The number of hydrogen-bond donors (Lipinski definition) is 2. The monoisotopic (exact) mass is 421 g/mol. The predicted molar refractivity (Wildman–Crippen MR) is 102 cm³/mol. The molecule has 0 spiro atoms. The van der Waals surface area contributed by atoms with Gasteiger partial charge in [0.15, 0.2) is 0 Å². The van der Waals surface area contributed by atoms with Crippen molar-refractivity contribution in [2.75, 3.05) is 23.3 Å². The van der Waals surface area contributed by atoms with E-state index in [0.717, 1.165) is 12.1 Å². The van der Waals surface area contributed by atoms with E-state index in [-0.39, 0.29) is 31.1 Å². The molecule has 0 saturated carbocycles. The molecule has 158 valence electrons. The van der Waals surface area contributed by atoms with Crippen LogP contribution in [0.25, 0.3) is 0 Å². The zero-order valence-electron chi connectivity index (χ0n) is 15.6. The molecule has 0 unspecified atom stereocenters. The molecule has 1 fully saturated rings. The molecule has 1 aliphatic heterocycles. The van der Waals surface area contributed by atoms with E-state index < -0.39 is 29.8 Å². The number of anilines is 2. The van der Waals surface area contributed by atoms with Crippen LogP contribution in [0.2, 0.25) is 0 Å². The third-order valence-electron chi connectivity index (χ3n) is 4.36. The first-order chi connectivity index (χ1) is 14.2. The summed E-state index contributed by atoms with van der Waals surface area (Å²) in [6.45, 7) is -0.118. The number of benzene rings is 2. The van der Waals surface area contributed by atoms with E-state index in [1.165, 1.54) is 17.0 Å². The number of ether oxygens (including phenoxy) is 1. The third-order valence-corrected chi connectivity index (χ3v) is 4.36. The van der Waals surface area contributed by atoms with Gasteiger partial charge < -0.3 is 20.3 Å². The van der Waals surface area contributed by atoms with Gasteiger partial charge in [-0.3, -0.25) is 14.4 Å². The molecule has 2 N–H and O–H groups in total. The molecular formula is C20H18F3N3O4. The summed E-state index contributed by atoms with van der Waals surface area (Å²) < 4.78 is 40.2. The minimum atomic E-state index is -4.80. The molecule has 1 saturated heterocycles. The number of nitrogens with zero attached hydrogens (tertiary/aromatic N) is 1. The highest BCUT2D eigenvalue weighted by atomic mass is 19.4. The van der Waals surface area contributed by atoms with E-state index >= 15 is 0 Å². The smallest absolute Gasteiger partial charge is 0.406 e. The summed E-state index contributed by atoms with van der Waals surface area (Å²) in [6, 6.07) is 13.6. The number of rotatable bonds is 6. The SMILES string of the molecule is O=C(CNC(=O)[C@@H]1CC(=O)N(c2ccccc2)C1)Nc1ccc(OC(F)(F)F)cc1. The van der Waals surface area contributed by atoms with Gasteiger partial charge in [-0.15, -0.1) is 13.2 Å². The Hall–Kier alpha value is -3.56. The van der Waals surface area contributed by atoms with Gasteiger partial charge in [0.25, 0.3) is 0 Å². The number of hydrogen-bond acceptors (Lipinski definition) is 4. The van der Waals surface area contributed by atoms with Crippen molar-refractivity contribution in [3.63, 3.8) is 0 Å². The van der Waals surface area contributed by atoms with Crippen LogP contribution in [0.3, 0.4) is 0 Å². The van der Waals surface area contributed by atoms with Crippen LogP contribution in [0.5, 0.6) is 5.75 Å². The Morgan fingerprint density at radius 2 is 1.73 bits per heavy atom. The Bertz CT molecular complexity index is 917.